The Morgan fingerprint density at radius 2 is 1.72 bits per heavy atom. The van der Waals surface area contributed by atoms with Gasteiger partial charge in [0, 0.05) is 24.1 Å². The molecule has 0 aliphatic carbocycles. The molecule has 8 heteroatoms. The first-order chi connectivity index (χ1) is 10.2. The van der Waals surface area contributed by atoms with Crippen LogP contribution < -0.4 is 35.1 Å². The van der Waals surface area contributed by atoms with Gasteiger partial charge in [-0.3, -0.25) is 0 Å². The molecule has 1 aromatic heterocycles. The molecule has 1 heterocycles. The molecule has 0 spiro atoms. The number of nitrogens with one attached hydrogen (secondary N) is 2. The minimum absolute atomic E-state index is 0. The van der Waals surface area contributed by atoms with Crippen molar-refractivity contribution in [1.82, 2.24) is 4.98 Å². The third-order valence-corrected chi connectivity index (χ3v) is 3.54. The Labute approximate surface area is 158 Å². The number of quaternary nitrogens is 1. The SMILES string of the molecule is Cc1[nH]c[nH+]c1-c1cccc([NH2+]Cc2ccc(F)cc2)c1.O.O.[Cl-].[Cl-]. The number of hydrogen-bond donors (Lipinski definition) is 2. The number of benzene rings is 2. The Morgan fingerprint density at radius 1 is 1.04 bits per heavy atom. The second-order valence-corrected chi connectivity index (χ2v) is 5.09. The number of hydrogen-bond acceptors (Lipinski definition) is 0. The van der Waals surface area contributed by atoms with Crippen LogP contribution in [0.5, 0.6) is 0 Å². The summed E-state index contributed by atoms with van der Waals surface area (Å²) in [6, 6.07) is 15.0. The van der Waals surface area contributed by atoms with E-state index in [9.17, 15) is 4.39 Å². The van der Waals surface area contributed by atoms with Crippen LogP contribution in [0.2, 0.25) is 0 Å². The lowest BCUT2D eigenvalue weighted by Gasteiger charge is -2.03. The lowest BCUT2D eigenvalue weighted by atomic mass is 10.1. The number of aromatic amines is 2. The van der Waals surface area contributed by atoms with Gasteiger partial charge < -0.3 is 41.1 Å². The van der Waals surface area contributed by atoms with Crippen LogP contribution in [0, 0.1) is 12.7 Å². The summed E-state index contributed by atoms with van der Waals surface area (Å²) in [7, 11) is 0. The molecule has 0 amide bonds. The Kier molecular flexibility index (Phi) is 11.7. The zero-order valence-electron chi connectivity index (χ0n) is 13.6. The van der Waals surface area contributed by atoms with E-state index in [2.05, 4.69) is 33.5 Å². The van der Waals surface area contributed by atoms with Crippen LogP contribution in [-0.2, 0) is 6.54 Å². The highest BCUT2D eigenvalue weighted by molar-refractivity contribution is 5.61. The monoisotopic (exact) mass is 389 g/mol. The first kappa shape index (κ1) is 25.3. The summed E-state index contributed by atoms with van der Waals surface area (Å²) in [5, 5.41) is 2.15. The van der Waals surface area contributed by atoms with E-state index in [4.69, 9.17) is 0 Å². The van der Waals surface area contributed by atoms with Gasteiger partial charge in [-0.1, -0.05) is 24.3 Å². The van der Waals surface area contributed by atoms with Crippen LogP contribution in [0.1, 0.15) is 11.3 Å². The van der Waals surface area contributed by atoms with Crippen LogP contribution >= 0.6 is 0 Å². The summed E-state index contributed by atoms with van der Waals surface area (Å²) in [4.78, 5) is 6.37. The number of imidazole rings is 1. The summed E-state index contributed by atoms with van der Waals surface area (Å²) in [6.07, 6.45) is 1.83. The van der Waals surface area contributed by atoms with Crippen LogP contribution in [-0.4, -0.2) is 15.9 Å². The second kappa shape index (κ2) is 11.6. The molecule has 138 valence electrons. The number of aryl methyl sites for hydroxylation is 1. The maximum absolute atomic E-state index is 12.9. The molecular weight excluding hydrogens is 368 g/mol. The fourth-order valence-corrected chi connectivity index (χ4v) is 2.37. The Hall–Kier alpha value is -1.96. The summed E-state index contributed by atoms with van der Waals surface area (Å²) in [5.41, 5.74) is 5.64. The molecule has 0 fully saturated rings. The van der Waals surface area contributed by atoms with Gasteiger partial charge >= 0.3 is 0 Å². The van der Waals surface area contributed by atoms with E-state index in [0.717, 1.165) is 34.7 Å². The number of rotatable bonds is 4. The average molecular weight is 390 g/mol. The highest BCUT2D eigenvalue weighted by Crippen LogP contribution is 2.18. The average Bonchev–Trinajstić information content (AvgIpc) is 2.93. The van der Waals surface area contributed by atoms with Gasteiger partial charge in [-0.25, -0.2) is 14.4 Å². The van der Waals surface area contributed by atoms with E-state index in [1.54, 1.807) is 0 Å². The predicted molar refractivity (Wildman–Crippen MR) is 86.4 cm³/mol. The Balaban J connectivity index is 0. The van der Waals surface area contributed by atoms with Crippen LogP contribution in [0.15, 0.2) is 54.9 Å². The van der Waals surface area contributed by atoms with Crippen molar-refractivity contribution in [2.75, 3.05) is 0 Å². The van der Waals surface area contributed by atoms with Gasteiger partial charge in [-0.15, -0.1) is 0 Å². The standard InChI is InChI=1S/C17H16FN3.2ClH.2H2O/c1-12-17(21-11-20-12)14-3-2-4-16(9-14)19-10-13-5-7-15(18)8-6-13;;;;/h2-9,11,19H,10H2,1H3,(H,20,21);2*1H;2*1H2. The molecule has 8 N–H and O–H groups in total. The van der Waals surface area contributed by atoms with Crippen LogP contribution in [0.4, 0.5) is 10.1 Å². The van der Waals surface area contributed by atoms with Crippen molar-refractivity contribution >= 4 is 5.69 Å². The molecule has 0 aliphatic rings. The first-order valence-corrected chi connectivity index (χ1v) is 6.96. The van der Waals surface area contributed by atoms with Crippen molar-refractivity contribution in [3.05, 3.63) is 71.9 Å². The lowest BCUT2D eigenvalue weighted by Crippen LogP contribution is -3.00. The highest BCUT2D eigenvalue weighted by Gasteiger charge is 2.11. The largest absolute Gasteiger partial charge is 1.00 e. The Morgan fingerprint density at radius 3 is 2.32 bits per heavy atom. The molecular formula is C17H22Cl2FN3O2. The lowest BCUT2D eigenvalue weighted by molar-refractivity contribution is -0.588. The zero-order chi connectivity index (χ0) is 14.7. The summed E-state index contributed by atoms with van der Waals surface area (Å²) in [6.45, 7) is 2.83. The molecule has 0 atom stereocenters. The van der Waals surface area contributed by atoms with Gasteiger partial charge in [0.2, 0.25) is 6.33 Å². The normalized spacial score (nSPS) is 9.04. The maximum atomic E-state index is 12.9. The molecule has 2 aromatic carbocycles. The third kappa shape index (κ3) is 6.45. The first-order valence-electron chi connectivity index (χ1n) is 6.96. The van der Waals surface area contributed by atoms with Gasteiger partial charge in [0.15, 0.2) is 5.69 Å². The molecule has 0 radical (unpaired) electrons. The quantitative estimate of drug-likeness (QED) is 0.415. The van der Waals surface area contributed by atoms with Crippen molar-refractivity contribution in [2.45, 2.75) is 13.5 Å². The van der Waals surface area contributed by atoms with Crippen LogP contribution in [0.3, 0.4) is 0 Å². The molecule has 0 bridgehead atoms. The van der Waals surface area contributed by atoms with Crippen molar-refractivity contribution in [1.29, 1.82) is 0 Å². The van der Waals surface area contributed by atoms with Crippen molar-refractivity contribution in [3.63, 3.8) is 0 Å². The smallest absolute Gasteiger partial charge is 0.239 e. The molecule has 3 rings (SSSR count). The second-order valence-electron chi connectivity index (χ2n) is 5.09. The molecule has 25 heavy (non-hydrogen) atoms. The fourth-order valence-electron chi connectivity index (χ4n) is 2.37. The predicted octanol–water partition coefficient (Wildman–Crippen LogP) is -5.30. The highest BCUT2D eigenvalue weighted by atomic mass is 35.5. The molecule has 0 saturated heterocycles. The van der Waals surface area contributed by atoms with Gasteiger partial charge in [-0.2, -0.15) is 0 Å². The fraction of sp³-hybridized carbons (Fsp3) is 0.118. The molecule has 5 nitrogen and oxygen atoms in total. The van der Waals surface area contributed by atoms with Crippen LogP contribution in [0.25, 0.3) is 11.3 Å². The summed E-state index contributed by atoms with van der Waals surface area (Å²) >= 11 is 0. The maximum Gasteiger partial charge on any atom is 0.239 e. The van der Waals surface area contributed by atoms with E-state index in [1.165, 1.54) is 12.1 Å². The summed E-state index contributed by atoms with van der Waals surface area (Å²) < 4.78 is 12.9. The van der Waals surface area contributed by atoms with Gasteiger partial charge in [-0.05, 0) is 18.2 Å². The minimum Gasteiger partial charge on any atom is -1.00 e. The van der Waals surface area contributed by atoms with E-state index >= 15 is 0 Å². The summed E-state index contributed by atoms with van der Waals surface area (Å²) in [5.74, 6) is -0.195. The van der Waals surface area contributed by atoms with E-state index < -0.39 is 0 Å². The Bertz CT molecular complexity index is 752. The van der Waals surface area contributed by atoms with Crippen molar-refractivity contribution < 1.29 is 50.5 Å². The number of aromatic nitrogens is 2. The number of halogens is 3. The molecule has 0 aliphatic heterocycles. The zero-order valence-corrected chi connectivity index (χ0v) is 15.1. The molecule has 0 saturated carbocycles. The van der Waals surface area contributed by atoms with Gasteiger partial charge in [0.25, 0.3) is 0 Å². The number of H-pyrrole nitrogens is 2. The molecule has 0 unspecified atom stereocenters. The molecule has 3 aromatic rings. The van der Waals surface area contributed by atoms with Crippen molar-refractivity contribution in [3.8, 4) is 11.3 Å². The van der Waals surface area contributed by atoms with Gasteiger partial charge in [0.05, 0.1) is 0 Å². The number of nitrogens with two attached hydrogens (primary N) is 1. The van der Waals surface area contributed by atoms with Gasteiger partial charge in [0.1, 0.15) is 23.7 Å². The third-order valence-electron chi connectivity index (χ3n) is 3.54. The van der Waals surface area contributed by atoms with E-state index in [0.29, 0.717) is 0 Å². The topological polar surface area (TPSA) is 110 Å². The van der Waals surface area contributed by atoms with E-state index in [1.807, 2.05) is 31.5 Å². The van der Waals surface area contributed by atoms with Crippen molar-refractivity contribution in [2.24, 2.45) is 0 Å². The van der Waals surface area contributed by atoms with E-state index in [-0.39, 0.29) is 41.6 Å². The minimum atomic E-state index is -0.195.